The fourth-order valence-corrected chi connectivity index (χ4v) is 3.36. The summed E-state index contributed by atoms with van der Waals surface area (Å²) in [5.41, 5.74) is 0.146. The maximum absolute atomic E-state index is 13.1. The van der Waals surface area contributed by atoms with Crippen LogP contribution in [-0.4, -0.2) is 11.9 Å². The highest BCUT2D eigenvalue weighted by Gasteiger charge is 2.39. The van der Waals surface area contributed by atoms with E-state index in [0.717, 1.165) is 18.2 Å². The second kappa shape index (κ2) is 7.67. The quantitative estimate of drug-likeness (QED) is 0.550. The van der Waals surface area contributed by atoms with Crippen LogP contribution in [0.15, 0.2) is 78.9 Å². The fourth-order valence-electron chi connectivity index (χ4n) is 3.36. The SMILES string of the molecule is O=C1O[C@H](OC(=O)C(c2ccccc2)c2ccccc2)c2cc(C(F)(F)F)ccc21. The van der Waals surface area contributed by atoms with Gasteiger partial charge in [0.15, 0.2) is 0 Å². The fraction of sp³-hybridized carbons (Fsp3) is 0.130. The van der Waals surface area contributed by atoms with E-state index in [1.54, 1.807) is 60.7 Å². The molecule has 1 heterocycles. The van der Waals surface area contributed by atoms with Gasteiger partial charge in [0.2, 0.25) is 0 Å². The second-order valence-corrected chi connectivity index (χ2v) is 6.73. The van der Waals surface area contributed by atoms with Crippen LogP contribution in [0.3, 0.4) is 0 Å². The van der Waals surface area contributed by atoms with Crippen molar-refractivity contribution in [3.63, 3.8) is 0 Å². The predicted molar refractivity (Wildman–Crippen MR) is 100 cm³/mol. The minimum absolute atomic E-state index is 0.0585. The Morgan fingerprint density at radius 1 is 0.900 bits per heavy atom. The van der Waals surface area contributed by atoms with Crippen molar-refractivity contribution >= 4 is 11.9 Å². The zero-order valence-electron chi connectivity index (χ0n) is 15.4. The number of alkyl halides is 3. The van der Waals surface area contributed by atoms with E-state index in [1.807, 2.05) is 0 Å². The highest BCUT2D eigenvalue weighted by molar-refractivity contribution is 5.94. The average molecular weight is 412 g/mol. The molecule has 30 heavy (non-hydrogen) atoms. The number of esters is 2. The minimum Gasteiger partial charge on any atom is -0.420 e. The number of ether oxygens (including phenoxy) is 2. The number of halogens is 3. The van der Waals surface area contributed by atoms with Gasteiger partial charge >= 0.3 is 18.1 Å². The van der Waals surface area contributed by atoms with E-state index < -0.39 is 35.9 Å². The minimum atomic E-state index is -4.61. The summed E-state index contributed by atoms with van der Waals surface area (Å²) in [4.78, 5) is 25.1. The van der Waals surface area contributed by atoms with Gasteiger partial charge in [-0.05, 0) is 29.3 Å². The number of carbonyl (C=O) groups is 2. The van der Waals surface area contributed by atoms with Gasteiger partial charge in [0.1, 0.15) is 5.92 Å². The molecule has 0 aliphatic carbocycles. The Bertz CT molecular complexity index is 1040. The summed E-state index contributed by atoms with van der Waals surface area (Å²) in [6, 6.07) is 20.2. The van der Waals surface area contributed by atoms with Crippen LogP contribution < -0.4 is 0 Å². The molecule has 0 amide bonds. The molecule has 3 aromatic carbocycles. The summed E-state index contributed by atoms with van der Waals surface area (Å²) in [5.74, 6) is -2.41. The first-order valence-electron chi connectivity index (χ1n) is 9.07. The van der Waals surface area contributed by atoms with Crippen molar-refractivity contribution in [3.05, 3.63) is 107 Å². The monoisotopic (exact) mass is 412 g/mol. The molecule has 0 spiro atoms. The molecule has 4 rings (SSSR count). The summed E-state index contributed by atoms with van der Waals surface area (Å²) in [7, 11) is 0. The molecular weight excluding hydrogens is 397 g/mol. The van der Waals surface area contributed by atoms with Crippen LogP contribution in [0.5, 0.6) is 0 Å². The Morgan fingerprint density at radius 2 is 1.47 bits per heavy atom. The van der Waals surface area contributed by atoms with Gasteiger partial charge in [0.05, 0.1) is 11.1 Å². The third-order valence-corrected chi connectivity index (χ3v) is 4.79. The zero-order valence-corrected chi connectivity index (χ0v) is 15.4. The highest BCUT2D eigenvalue weighted by atomic mass is 19.4. The molecule has 1 atom stereocenters. The first-order valence-corrected chi connectivity index (χ1v) is 9.07. The molecule has 1 aliphatic rings. The van der Waals surface area contributed by atoms with Crippen LogP contribution in [0.25, 0.3) is 0 Å². The Labute approximate surface area is 169 Å². The third-order valence-electron chi connectivity index (χ3n) is 4.79. The van der Waals surface area contributed by atoms with Gasteiger partial charge in [0.25, 0.3) is 6.29 Å². The second-order valence-electron chi connectivity index (χ2n) is 6.73. The summed E-state index contributed by atoms with van der Waals surface area (Å²) in [5, 5.41) is 0. The van der Waals surface area contributed by atoms with Crippen molar-refractivity contribution in [1.29, 1.82) is 0 Å². The lowest BCUT2D eigenvalue weighted by Crippen LogP contribution is -2.20. The van der Waals surface area contributed by atoms with Crippen molar-refractivity contribution in [2.45, 2.75) is 18.4 Å². The lowest BCUT2D eigenvalue weighted by atomic mass is 9.91. The third kappa shape index (κ3) is 3.78. The van der Waals surface area contributed by atoms with Crippen molar-refractivity contribution < 1.29 is 32.2 Å². The van der Waals surface area contributed by atoms with Gasteiger partial charge in [-0.1, -0.05) is 60.7 Å². The summed E-state index contributed by atoms with van der Waals surface area (Å²) < 4.78 is 49.7. The maximum Gasteiger partial charge on any atom is 0.416 e. The van der Waals surface area contributed by atoms with Crippen LogP contribution in [0.1, 0.15) is 44.8 Å². The van der Waals surface area contributed by atoms with E-state index in [4.69, 9.17) is 9.47 Å². The molecule has 1 aliphatic heterocycles. The highest BCUT2D eigenvalue weighted by Crippen LogP contribution is 2.38. The van der Waals surface area contributed by atoms with Gasteiger partial charge in [-0.15, -0.1) is 0 Å². The number of benzene rings is 3. The number of carbonyl (C=O) groups excluding carboxylic acids is 2. The van der Waals surface area contributed by atoms with E-state index in [9.17, 15) is 22.8 Å². The largest absolute Gasteiger partial charge is 0.420 e. The molecule has 152 valence electrons. The summed E-state index contributed by atoms with van der Waals surface area (Å²) in [6.07, 6.45) is -6.15. The van der Waals surface area contributed by atoms with Crippen molar-refractivity contribution in [3.8, 4) is 0 Å². The van der Waals surface area contributed by atoms with Crippen LogP contribution >= 0.6 is 0 Å². The topological polar surface area (TPSA) is 52.6 Å². The number of rotatable bonds is 4. The van der Waals surface area contributed by atoms with Gasteiger partial charge in [-0.3, -0.25) is 4.79 Å². The van der Waals surface area contributed by atoms with E-state index in [0.29, 0.717) is 11.1 Å². The number of hydrogen-bond acceptors (Lipinski definition) is 4. The van der Waals surface area contributed by atoms with Gasteiger partial charge in [-0.2, -0.15) is 13.2 Å². The van der Waals surface area contributed by atoms with Gasteiger partial charge in [0, 0.05) is 5.56 Å². The van der Waals surface area contributed by atoms with E-state index in [2.05, 4.69) is 0 Å². The number of cyclic esters (lactones) is 1. The Morgan fingerprint density at radius 3 is 2.00 bits per heavy atom. The molecular formula is C23H15F3O4. The Balaban J connectivity index is 1.67. The van der Waals surface area contributed by atoms with Crippen molar-refractivity contribution in [1.82, 2.24) is 0 Å². The average Bonchev–Trinajstić information content (AvgIpc) is 3.04. The molecule has 0 fully saturated rings. The first kappa shape index (κ1) is 19.7. The van der Waals surface area contributed by atoms with Crippen LogP contribution in [-0.2, 0) is 20.4 Å². The number of fused-ring (bicyclic) bond motifs is 1. The molecule has 4 nitrogen and oxygen atoms in total. The molecule has 0 bridgehead atoms. The van der Waals surface area contributed by atoms with Crippen molar-refractivity contribution in [2.75, 3.05) is 0 Å². The molecule has 0 N–H and O–H groups in total. The smallest absolute Gasteiger partial charge is 0.416 e. The summed E-state index contributed by atoms with van der Waals surface area (Å²) in [6.45, 7) is 0. The Kier molecular flexibility index (Phi) is 5.03. The lowest BCUT2D eigenvalue weighted by molar-refractivity contribution is -0.168. The standard InChI is InChI=1S/C23H15F3O4/c24-23(25,26)16-11-12-17-18(13-16)22(29-20(17)27)30-21(28)19(14-7-3-1-4-8-14)15-9-5-2-6-10-15/h1-13,19,22H/t22-/m1/s1. The molecule has 0 saturated carbocycles. The van der Waals surface area contributed by atoms with E-state index in [-0.39, 0.29) is 11.1 Å². The number of hydrogen-bond donors (Lipinski definition) is 0. The molecule has 0 aromatic heterocycles. The predicted octanol–water partition coefficient (Wildman–Crippen LogP) is 5.25. The van der Waals surface area contributed by atoms with Gasteiger partial charge in [-0.25, -0.2) is 4.79 Å². The van der Waals surface area contributed by atoms with Crippen molar-refractivity contribution in [2.24, 2.45) is 0 Å². The maximum atomic E-state index is 13.1. The normalized spacial score (nSPS) is 15.6. The lowest BCUT2D eigenvalue weighted by Gasteiger charge is -2.20. The molecule has 7 heteroatoms. The van der Waals surface area contributed by atoms with E-state index >= 15 is 0 Å². The molecule has 0 unspecified atom stereocenters. The molecule has 0 radical (unpaired) electrons. The van der Waals surface area contributed by atoms with Gasteiger partial charge < -0.3 is 9.47 Å². The van der Waals surface area contributed by atoms with E-state index in [1.165, 1.54) is 0 Å². The van der Waals surface area contributed by atoms with Crippen LogP contribution in [0.4, 0.5) is 13.2 Å². The van der Waals surface area contributed by atoms with Crippen LogP contribution in [0, 0.1) is 0 Å². The Hall–Kier alpha value is -3.61. The zero-order chi connectivity index (χ0) is 21.3. The molecule has 0 saturated heterocycles. The molecule has 3 aromatic rings. The first-order chi connectivity index (χ1) is 14.3. The van der Waals surface area contributed by atoms with Crippen LogP contribution in [0.2, 0.25) is 0 Å². The summed E-state index contributed by atoms with van der Waals surface area (Å²) >= 11 is 0.